The number of hydrogen-bond acceptors (Lipinski definition) is 3. The van der Waals surface area contributed by atoms with Gasteiger partial charge in [-0.1, -0.05) is 30.3 Å². The van der Waals surface area contributed by atoms with E-state index in [1.165, 1.54) is 5.56 Å². The van der Waals surface area contributed by atoms with Gasteiger partial charge in [-0.15, -0.1) is 0 Å². The molecular formula is C17H28N2O. The van der Waals surface area contributed by atoms with Crippen molar-refractivity contribution in [1.29, 1.82) is 0 Å². The Morgan fingerprint density at radius 3 is 2.40 bits per heavy atom. The molecule has 1 aromatic rings. The van der Waals surface area contributed by atoms with Gasteiger partial charge in [0.1, 0.15) is 0 Å². The van der Waals surface area contributed by atoms with Crippen LogP contribution >= 0.6 is 0 Å². The maximum absolute atomic E-state index is 5.87. The van der Waals surface area contributed by atoms with Crippen LogP contribution in [0, 0.1) is 0 Å². The maximum atomic E-state index is 5.87. The fourth-order valence-corrected chi connectivity index (χ4v) is 3.17. The summed E-state index contributed by atoms with van der Waals surface area (Å²) in [7, 11) is 0. The SMILES string of the molecule is CC1CC(N(CCCN)Cc2ccccc2)CC(C)O1. The molecule has 112 valence electrons. The van der Waals surface area contributed by atoms with Gasteiger partial charge >= 0.3 is 0 Å². The molecule has 2 unspecified atom stereocenters. The molecule has 3 heteroatoms. The molecule has 1 heterocycles. The molecule has 0 bridgehead atoms. The Labute approximate surface area is 123 Å². The van der Waals surface area contributed by atoms with E-state index < -0.39 is 0 Å². The summed E-state index contributed by atoms with van der Waals surface area (Å²) in [5, 5.41) is 0. The van der Waals surface area contributed by atoms with Gasteiger partial charge in [-0.3, -0.25) is 4.90 Å². The van der Waals surface area contributed by atoms with Crippen molar-refractivity contribution in [3.8, 4) is 0 Å². The Morgan fingerprint density at radius 2 is 1.80 bits per heavy atom. The predicted molar refractivity (Wildman–Crippen MR) is 83.6 cm³/mol. The Kier molecular flexibility index (Phi) is 6.02. The second-order valence-electron chi connectivity index (χ2n) is 5.98. The molecule has 2 N–H and O–H groups in total. The van der Waals surface area contributed by atoms with E-state index in [2.05, 4.69) is 49.1 Å². The van der Waals surface area contributed by atoms with Crippen LogP contribution in [0.3, 0.4) is 0 Å². The molecule has 20 heavy (non-hydrogen) atoms. The summed E-state index contributed by atoms with van der Waals surface area (Å²) in [6.07, 6.45) is 4.04. The fraction of sp³-hybridized carbons (Fsp3) is 0.647. The predicted octanol–water partition coefficient (Wildman–Crippen LogP) is 2.79. The third kappa shape index (κ3) is 4.58. The van der Waals surface area contributed by atoms with E-state index in [1.807, 2.05) is 0 Å². The first kappa shape index (κ1) is 15.5. The molecule has 3 nitrogen and oxygen atoms in total. The molecule has 0 spiro atoms. The van der Waals surface area contributed by atoms with Crippen molar-refractivity contribution in [1.82, 2.24) is 4.90 Å². The molecule has 0 amide bonds. The number of nitrogens with zero attached hydrogens (tertiary/aromatic N) is 1. The maximum Gasteiger partial charge on any atom is 0.0565 e. The second-order valence-corrected chi connectivity index (χ2v) is 5.98. The minimum absolute atomic E-state index is 0.361. The summed E-state index contributed by atoms with van der Waals surface area (Å²) in [5.74, 6) is 0. The van der Waals surface area contributed by atoms with E-state index in [-0.39, 0.29) is 0 Å². The van der Waals surface area contributed by atoms with E-state index in [0.717, 1.165) is 38.9 Å². The van der Waals surface area contributed by atoms with Crippen LogP contribution in [-0.4, -0.2) is 36.2 Å². The van der Waals surface area contributed by atoms with Crippen molar-refractivity contribution in [2.24, 2.45) is 5.73 Å². The van der Waals surface area contributed by atoms with Crippen LogP contribution in [0.15, 0.2) is 30.3 Å². The molecule has 0 radical (unpaired) electrons. The van der Waals surface area contributed by atoms with Crippen molar-refractivity contribution >= 4 is 0 Å². The molecule has 2 rings (SSSR count). The summed E-state index contributed by atoms with van der Waals surface area (Å²) in [6, 6.07) is 11.3. The Bertz CT molecular complexity index is 372. The molecule has 1 fully saturated rings. The van der Waals surface area contributed by atoms with Gasteiger partial charge < -0.3 is 10.5 Å². The van der Waals surface area contributed by atoms with E-state index >= 15 is 0 Å². The summed E-state index contributed by atoms with van der Waals surface area (Å²) in [5.41, 5.74) is 7.09. The summed E-state index contributed by atoms with van der Waals surface area (Å²) < 4.78 is 5.87. The lowest BCUT2D eigenvalue weighted by molar-refractivity contribution is -0.0667. The van der Waals surface area contributed by atoms with Crippen molar-refractivity contribution in [2.45, 2.75) is 57.9 Å². The van der Waals surface area contributed by atoms with E-state index in [4.69, 9.17) is 10.5 Å². The average molecular weight is 276 g/mol. The summed E-state index contributed by atoms with van der Waals surface area (Å²) in [4.78, 5) is 2.59. The standard InChI is InChI=1S/C17H28N2O/c1-14-11-17(12-15(2)20-14)19(10-6-9-18)13-16-7-4-3-5-8-16/h3-5,7-8,14-15,17H,6,9-13,18H2,1-2H3. The molecule has 2 atom stereocenters. The van der Waals surface area contributed by atoms with Gasteiger partial charge in [-0.2, -0.15) is 0 Å². The molecule has 1 saturated heterocycles. The monoisotopic (exact) mass is 276 g/mol. The van der Waals surface area contributed by atoms with Gasteiger partial charge in [0.2, 0.25) is 0 Å². The van der Waals surface area contributed by atoms with E-state index in [1.54, 1.807) is 0 Å². The zero-order valence-electron chi connectivity index (χ0n) is 12.8. The lowest BCUT2D eigenvalue weighted by atomic mass is 9.97. The Hall–Kier alpha value is -0.900. The third-order valence-electron chi connectivity index (χ3n) is 4.07. The highest BCUT2D eigenvalue weighted by Crippen LogP contribution is 2.25. The van der Waals surface area contributed by atoms with E-state index in [9.17, 15) is 0 Å². The molecule has 1 aliphatic heterocycles. The van der Waals surface area contributed by atoms with Gasteiger partial charge in [0.15, 0.2) is 0 Å². The van der Waals surface area contributed by atoms with Crippen LogP contribution in [0.25, 0.3) is 0 Å². The molecule has 1 aliphatic rings. The molecule has 0 aliphatic carbocycles. The smallest absolute Gasteiger partial charge is 0.0565 e. The van der Waals surface area contributed by atoms with Gasteiger partial charge in [-0.05, 0) is 51.8 Å². The van der Waals surface area contributed by atoms with Gasteiger partial charge in [0, 0.05) is 12.6 Å². The van der Waals surface area contributed by atoms with Crippen LogP contribution < -0.4 is 5.73 Å². The Balaban J connectivity index is 2.02. The zero-order chi connectivity index (χ0) is 14.4. The zero-order valence-corrected chi connectivity index (χ0v) is 12.8. The molecule has 1 aromatic carbocycles. The van der Waals surface area contributed by atoms with Gasteiger partial charge in [0.25, 0.3) is 0 Å². The highest BCUT2D eigenvalue weighted by atomic mass is 16.5. The largest absolute Gasteiger partial charge is 0.375 e. The lowest BCUT2D eigenvalue weighted by Crippen LogP contribution is -2.44. The average Bonchev–Trinajstić information content (AvgIpc) is 2.43. The van der Waals surface area contributed by atoms with Crippen molar-refractivity contribution < 1.29 is 4.74 Å². The number of benzene rings is 1. The minimum atomic E-state index is 0.361. The third-order valence-corrected chi connectivity index (χ3v) is 4.07. The number of rotatable bonds is 6. The van der Waals surface area contributed by atoms with Crippen LogP contribution in [0.1, 0.15) is 38.7 Å². The molecular weight excluding hydrogens is 248 g/mol. The number of nitrogens with two attached hydrogens (primary N) is 1. The molecule has 0 aromatic heterocycles. The van der Waals surface area contributed by atoms with Crippen molar-refractivity contribution in [2.75, 3.05) is 13.1 Å². The topological polar surface area (TPSA) is 38.5 Å². The Morgan fingerprint density at radius 1 is 1.15 bits per heavy atom. The quantitative estimate of drug-likeness (QED) is 0.868. The highest BCUT2D eigenvalue weighted by molar-refractivity contribution is 5.14. The van der Waals surface area contributed by atoms with Gasteiger partial charge in [-0.25, -0.2) is 0 Å². The van der Waals surface area contributed by atoms with Crippen LogP contribution in [0.5, 0.6) is 0 Å². The van der Waals surface area contributed by atoms with E-state index in [0.29, 0.717) is 18.2 Å². The molecule has 0 saturated carbocycles. The minimum Gasteiger partial charge on any atom is -0.375 e. The fourth-order valence-electron chi connectivity index (χ4n) is 3.17. The normalized spacial score (nSPS) is 26.9. The van der Waals surface area contributed by atoms with Crippen LogP contribution in [-0.2, 0) is 11.3 Å². The van der Waals surface area contributed by atoms with Crippen LogP contribution in [0.2, 0.25) is 0 Å². The van der Waals surface area contributed by atoms with Gasteiger partial charge in [0.05, 0.1) is 12.2 Å². The lowest BCUT2D eigenvalue weighted by Gasteiger charge is -2.39. The summed E-state index contributed by atoms with van der Waals surface area (Å²) in [6.45, 7) is 7.23. The van der Waals surface area contributed by atoms with Crippen molar-refractivity contribution in [3.63, 3.8) is 0 Å². The summed E-state index contributed by atoms with van der Waals surface area (Å²) >= 11 is 0. The first-order valence-corrected chi connectivity index (χ1v) is 7.82. The van der Waals surface area contributed by atoms with Crippen LogP contribution in [0.4, 0.5) is 0 Å². The second kappa shape index (κ2) is 7.77. The first-order valence-electron chi connectivity index (χ1n) is 7.82. The first-order chi connectivity index (χ1) is 9.69. The van der Waals surface area contributed by atoms with Crippen molar-refractivity contribution in [3.05, 3.63) is 35.9 Å². The highest BCUT2D eigenvalue weighted by Gasteiger charge is 2.28. The number of ether oxygens (including phenoxy) is 1. The number of hydrogen-bond donors (Lipinski definition) is 1.